The van der Waals surface area contributed by atoms with Crippen molar-refractivity contribution in [2.24, 2.45) is 5.92 Å². The quantitative estimate of drug-likeness (QED) is 0.481. The number of hydrogen-bond donors (Lipinski definition) is 0. The van der Waals surface area contributed by atoms with Crippen molar-refractivity contribution >= 4 is 27.7 Å². The lowest BCUT2D eigenvalue weighted by Gasteiger charge is -2.21. The standard InChI is InChI=1S/C14H16BrFO3/c1-8(13(18)19-14(2,3)4)12(17)9-5-10(15)7-11(16)6-9/h5-8H,1-4H3. The second-order valence-electron chi connectivity index (χ2n) is 5.28. The van der Waals surface area contributed by atoms with Gasteiger partial charge in [0, 0.05) is 10.0 Å². The molecule has 0 radical (unpaired) electrons. The van der Waals surface area contributed by atoms with E-state index in [4.69, 9.17) is 4.74 Å². The summed E-state index contributed by atoms with van der Waals surface area (Å²) in [5.74, 6) is -2.57. The molecule has 0 amide bonds. The molecule has 0 saturated carbocycles. The van der Waals surface area contributed by atoms with Crippen LogP contribution < -0.4 is 0 Å². The Balaban J connectivity index is 2.90. The fourth-order valence-corrected chi connectivity index (χ4v) is 1.91. The molecule has 0 spiro atoms. The summed E-state index contributed by atoms with van der Waals surface area (Å²) in [7, 11) is 0. The molecule has 0 N–H and O–H groups in total. The third-order valence-electron chi connectivity index (χ3n) is 2.30. The molecule has 0 heterocycles. The van der Waals surface area contributed by atoms with E-state index < -0.39 is 29.1 Å². The van der Waals surface area contributed by atoms with Crippen LogP contribution in [0.4, 0.5) is 4.39 Å². The number of Topliss-reactive ketones (excluding diaryl/α,β-unsaturated/α-hetero) is 1. The highest BCUT2D eigenvalue weighted by Gasteiger charge is 2.28. The predicted octanol–water partition coefficient (Wildman–Crippen LogP) is 3.75. The Hall–Kier alpha value is -1.23. The lowest BCUT2D eigenvalue weighted by Crippen LogP contribution is -2.31. The van der Waals surface area contributed by atoms with E-state index in [0.717, 1.165) is 6.07 Å². The summed E-state index contributed by atoms with van der Waals surface area (Å²) < 4.78 is 18.8. The number of ether oxygens (including phenoxy) is 1. The van der Waals surface area contributed by atoms with Gasteiger partial charge in [0.2, 0.25) is 0 Å². The lowest BCUT2D eigenvalue weighted by atomic mass is 9.99. The molecule has 0 bridgehead atoms. The van der Waals surface area contributed by atoms with Gasteiger partial charge in [0.05, 0.1) is 0 Å². The van der Waals surface area contributed by atoms with Crippen molar-refractivity contribution in [3.05, 3.63) is 34.1 Å². The number of carbonyl (C=O) groups is 2. The average molecular weight is 331 g/mol. The van der Waals surface area contributed by atoms with Crippen LogP contribution in [0.2, 0.25) is 0 Å². The summed E-state index contributed by atoms with van der Waals surface area (Å²) in [5.41, 5.74) is -0.515. The first kappa shape index (κ1) is 15.8. The minimum Gasteiger partial charge on any atom is -0.459 e. The van der Waals surface area contributed by atoms with Gasteiger partial charge >= 0.3 is 5.97 Å². The van der Waals surface area contributed by atoms with E-state index in [2.05, 4.69) is 15.9 Å². The minimum atomic E-state index is -0.965. The molecule has 0 aliphatic carbocycles. The van der Waals surface area contributed by atoms with Crippen LogP contribution in [0, 0.1) is 11.7 Å². The molecule has 1 aromatic rings. The van der Waals surface area contributed by atoms with E-state index in [1.807, 2.05) is 0 Å². The molecule has 0 aliphatic rings. The fraction of sp³-hybridized carbons (Fsp3) is 0.429. The molecule has 0 saturated heterocycles. The van der Waals surface area contributed by atoms with Crippen LogP contribution in [0.1, 0.15) is 38.1 Å². The molecule has 104 valence electrons. The molecule has 19 heavy (non-hydrogen) atoms. The van der Waals surface area contributed by atoms with E-state index in [1.54, 1.807) is 20.8 Å². The Morgan fingerprint density at radius 2 is 1.84 bits per heavy atom. The smallest absolute Gasteiger partial charge is 0.317 e. The van der Waals surface area contributed by atoms with E-state index >= 15 is 0 Å². The van der Waals surface area contributed by atoms with Crippen molar-refractivity contribution in [2.75, 3.05) is 0 Å². The second kappa shape index (κ2) is 5.82. The first-order valence-electron chi connectivity index (χ1n) is 5.83. The lowest BCUT2D eigenvalue weighted by molar-refractivity contribution is -0.157. The predicted molar refractivity (Wildman–Crippen MR) is 73.4 cm³/mol. The molecule has 0 fully saturated rings. The van der Waals surface area contributed by atoms with Gasteiger partial charge in [0.25, 0.3) is 0 Å². The second-order valence-corrected chi connectivity index (χ2v) is 6.19. The van der Waals surface area contributed by atoms with Crippen LogP contribution >= 0.6 is 15.9 Å². The summed E-state index contributed by atoms with van der Waals surface area (Å²) in [6, 6.07) is 3.83. The Morgan fingerprint density at radius 3 is 2.32 bits per heavy atom. The zero-order valence-corrected chi connectivity index (χ0v) is 12.9. The van der Waals surface area contributed by atoms with E-state index in [0.29, 0.717) is 4.47 Å². The normalized spacial score (nSPS) is 12.9. The third-order valence-corrected chi connectivity index (χ3v) is 2.76. The van der Waals surface area contributed by atoms with Crippen LogP contribution in [0.3, 0.4) is 0 Å². The van der Waals surface area contributed by atoms with Gasteiger partial charge < -0.3 is 4.74 Å². The van der Waals surface area contributed by atoms with Gasteiger partial charge in [-0.05, 0) is 45.9 Å². The number of halogens is 2. The van der Waals surface area contributed by atoms with Gasteiger partial charge in [-0.25, -0.2) is 4.39 Å². The van der Waals surface area contributed by atoms with Crippen molar-refractivity contribution in [2.45, 2.75) is 33.3 Å². The molecule has 0 aromatic heterocycles. The highest BCUT2D eigenvalue weighted by atomic mass is 79.9. The Morgan fingerprint density at radius 1 is 1.26 bits per heavy atom. The van der Waals surface area contributed by atoms with Crippen molar-refractivity contribution in [3.63, 3.8) is 0 Å². The summed E-state index contributed by atoms with van der Waals surface area (Å²) in [4.78, 5) is 23.9. The van der Waals surface area contributed by atoms with Gasteiger partial charge in [0.15, 0.2) is 5.78 Å². The maximum absolute atomic E-state index is 13.2. The van der Waals surface area contributed by atoms with E-state index in [9.17, 15) is 14.0 Å². The van der Waals surface area contributed by atoms with Gasteiger partial charge in [-0.1, -0.05) is 15.9 Å². The van der Waals surface area contributed by atoms with Crippen LogP contribution in [0.25, 0.3) is 0 Å². The van der Waals surface area contributed by atoms with Gasteiger partial charge in [0.1, 0.15) is 17.3 Å². The summed E-state index contributed by atoms with van der Waals surface area (Å²) in [6.07, 6.45) is 0. The molecule has 1 aromatic carbocycles. The summed E-state index contributed by atoms with van der Waals surface area (Å²) >= 11 is 3.11. The average Bonchev–Trinajstić information content (AvgIpc) is 2.23. The number of rotatable bonds is 3. The van der Waals surface area contributed by atoms with E-state index in [-0.39, 0.29) is 5.56 Å². The Bertz CT molecular complexity index is 486. The fourth-order valence-electron chi connectivity index (χ4n) is 1.44. The van der Waals surface area contributed by atoms with Gasteiger partial charge in [-0.3, -0.25) is 9.59 Å². The maximum Gasteiger partial charge on any atom is 0.317 e. The largest absolute Gasteiger partial charge is 0.459 e. The van der Waals surface area contributed by atoms with Crippen molar-refractivity contribution in [3.8, 4) is 0 Å². The van der Waals surface area contributed by atoms with Crippen LogP contribution in [-0.4, -0.2) is 17.4 Å². The number of benzene rings is 1. The number of carbonyl (C=O) groups excluding carboxylic acids is 2. The molecule has 0 aliphatic heterocycles. The van der Waals surface area contributed by atoms with E-state index in [1.165, 1.54) is 19.1 Å². The van der Waals surface area contributed by atoms with Gasteiger partial charge in [-0.2, -0.15) is 0 Å². The Labute approximate surface area is 120 Å². The molecular weight excluding hydrogens is 315 g/mol. The topological polar surface area (TPSA) is 43.4 Å². The summed E-state index contributed by atoms with van der Waals surface area (Å²) in [6.45, 7) is 6.62. The number of hydrogen-bond acceptors (Lipinski definition) is 3. The zero-order valence-electron chi connectivity index (χ0n) is 11.3. The monoisotopic (exact) mass is 330 g/mol. The maximum atomic E-state index is 13.2. The molecule has 1 rings (SSSR count). The third kappa shape index (κ3) is 4.74. The van der Waals surface area contributed by atoms with Crippen molar-refractivity contribution in [1.82, 2.24) is 0 Å². The highest BCUT2D eigenvalue weighted by Crippen LogP contribution is 2.19. The zero-order chi connectivity index (χ0) is 14.8. The molecule has 1 unspecified atom stereocenters. The molecule has 3 nitrogen and oxygen atoms in total. The first-order valence-corrected chi connectivity index (χ1v) is 6.62. The minimum absolute atomic E-state index is 0.144. The molecule has 5 heteroatoms. The number of esters is 1. The molecule has 1 atom stereocenters. The van der Waals surface area contributed by atoms with Crippen LogP contribution in [0.5, 0.6) is 0 Å². The number of ketones is 1. The SMILES string of the molecule is CC(C(=O)OC(C)(C)C)C(=O)c1cc(F)cc(Br)c1. The van der Waals surface area contributed by atoms with Crippen molar-refractivity contribution in [1.29, 1.82) is 0 Å². The first-order chi connectivity index (χ1) is 8.60. The molecular formula is C14H16BrFO3. The van der Waals surface area contributed by atoms with Gasteiger partial charge in [-0.15, -0.1) is 0 Å². The summed E-state index contributed by atoms with van der Waals surface area (Å²) in [5, 5.41) is 0. The highest BCUT2D eigenvalue weighted by molar-refractivity contribution is 9.10. The van der Waals surface area contributed by atoms with Crippen LogP contribution in [0.15, 0.2) is 22.7 Å². The Kier molecular flexibility index (Phi) is 4.85. The van der Waals surface area contributed by atoms with Crippen molar-refractivity contribution < 1.29 is 18.7 Å². The van der Waals surface area contributed by atoms with Crippen LogP contribution in [-0.2, 0) is 9.53 Å².